The molecule has 0 fully saturated rings. The maximum atomic E-state index is 15.2. The van der Waals surface area contributed by atoms with Crippen molar-refractivity contribution in [1.82, 2.24) is 120 Å². The van der Waals surface area contributed by atoms with Gasteiger partial charge in [0.25, 0.3) is 35.3 Å². The van der Waals surface area contributed by atoms with Crippen LogP contribution in [-0.4, -0.2) is 120 Å². The van der Waals surface area contributed by atoms with Crippen LogP contribution < -0.4 is 28.4 Å². The second kappa shape index (κ2) is 35.4. The number of benzene rings is 12. The molecule has 668 valence electrons. The van der Waals surface area contributed by atoms with Gasteiger partial charge in [0.15, 0.2) is 103 Å². The standard InChI is InChI=1S/C44H22N10O4.C34H12N12O2.C22F4N12/c1-45-31-23-29-30(24-32(31)46-2)34-36(50-40-38(48-34)52-42(56-26-17-9-4-10-18-26)44(54-40)58-28-21-13-6-14-22-28)35-33(29)47-37-39(49-35)53-43(57-27-19-11-5-12-20-27)41(51-37)55-25-15-7-3-8-16-25;1-37-21-13-19-20(14-22(21)38-2)26-27(43-30-31(42-26)45-33(24(16-36)40-30)47-17-9-5-3-6-10-17)28-25(19)41-29-32(44-28)46-34(23(15-35)39-29)48-18-11-7-4-8-12-18;23-11-9-10(12(24)14(26)13(11)25)16-18(38-22-20(36-16)32-6(2-28)8(4-30)34-22)17-15(9)35-19-21(37-17)33-7(3-29)5(1-27)31-19/h3-24H;3-14H;. The Kier molecular flexibility index (Phi) is 21.2. The molecule has 40 nitrogen and oxygen atoms in total. The van der Waals surface area contributed by atoms with E-state index in [9.17, 15) is 40.4 Å². The van der Waals surface area contributed by atoms with Crippen molar-refractivity contribution in [3.63, 3.8) is 0 Å². The van der Waals surface area contributed by atoms with Gasteiger partial charge in [0.05, 0.1) is 37.1 Å². The van der Waals surface area contributed by atoms with Crippen LogP contribution in [-0.2, 0) is 0 Å². The molecule has 144 heavy (non-hydrogen) atoms. The van der Waals surface area contributed by atoms with Crippen molar-refractivity contribution in [2.45, 2.75) is 0 Å². The van der Waals surface area contributed by atoms with Crippen LogP contribution in [0.15, 0.2) is 206 Å². The zero-order chi connectivity index (χ0) is 98.7. The number of para-hydroxylation sites is 6. The van der Waals surface area contributed by atoms with Gasteiger partial charge in [-0.2, -0.15) is 61.5 Å². The summed E-state index contributed by atoms with van der Waals surface area (Å²) in [6.45, 7) is 31.1. The molecule has 0 atom stereocenters. The van der Waals surface area contributed by atoms with Crippen LogP contribution >= 0.6 is 0 Å². The first-order chi connectivity index (χ1) is 70.5. The van der Waals surface area contributed by atoms with E-state index in [4.69, 9.17) is 115 Å². The number of nitrogens with zero attached hydrogens (tertiary/aromatic N) is 34. The minimum Gasteiger partial charge on any atom is -0.436 e. The predicted octanol–water partition coefficient (Wildman–Crippen LogP) is 20.6. The minimum absolute atomic E-state index is 0.0317. The molecule has 0 spiro atoms. The molecule has 0 saturated carbocycles. The quantitative estimate of drug-likeness (QED) is 0.0274. The van der Waals surface area contributed by atoms with Gasteiger partial charge in [0.2, 0.25) is 45.3 Å². The zero-order valence-electron chi connectivity index (χ0n) is 71.8. The molecule has 0 saturated heterocycles. The van der Waals surface area contributed by atoms with Gasteiger partial charge in [0, 0.05) is 0 Å². The van der Waals surface area contributed by atoms with Crippen LogP contribution in [0.3, 0.4) is 0 Å². The van der Waals surface area contributed by atoms with E-state index in [0.29, 0.717) is 67.1 Å². The van der Waals surface area contributed by atoms with Crippen molar-refractivity contribution >= 4 is 189 Å². The van der Waals surface area contributed by atoms with Crippen LogP contribution in [0.2, 0.25) is 0 Å². The van der Waals surface area contributed by atoms with E-state index in [1.54, 1.807) is 133 Å². The second-order valence-electron chi connectivity index (χ2n) is 30.1. The van der Waals surface area contributed by atoms with Gasteiger partial charge in [-0.3, -0.25) is 19.4 Å². The second-order valence-corrected chi connectivity index (χ2v) is 30.1. The predicted molar refractivity (Wildman–Crippen MR) is 501 cm³/mol. The Morgan fingerprint density at radius 3 is 0.562 bits per heavy atom. The Hall–Kier alpha value is -23.1. The SMILES string of the molecule is N#Cc1nc2nc3c4nc5nc(C#N)c(C#N)nc5nc4c4c(F)c(F)c(F)c(F)c4c3nc2nc1C#N.[C-]#[N+]c1cc2c(cc1[N+]#[C-])c1nc3nc(C#N)c(Oc4ccccc4)nc3nc1c1nc3nc(C#N)c(Oc4ccccc4)nc3nc21.[C-]#[N+]c1cc2c(cc1[N+]#[C-])c1nc3nc(Oc4ccccc4)c(Oc4ccccc4)nc3nc1c1nc3nc(Oc4ccccc4)c(Oc4ccccc4)nc3nc21. The first kappa shape index (κ1) is 86.3. The molecule has 24 rings (SSSR count). The zero-order valence-corrected chi connectivity index (χ0v) is 71.8. The summed E-state index contributed by atoms with van der Waals surface area (Å²) >= 11 is 0. The minimum atomic E-state index is -2.14. The number of aromatic nitrogens is 24. The third kappa shape index (κ3) is 15.3. The van der Waals surface area contributed by atoms with E-state index in [1.807, 2.05) is 97.1 Å². The highest BCUT2D eigenvalue weighted by atomic mass is 19.2. The Labute approximate surface area is 797 Å². The van der Waals surface area contributed by atoms with E-state index in [0.717, 1.165) is 0 Å². The smallest absolute Gasteiger partial charge is 0.286 e. The Balaban J connectivity index is 0.000000126. The molecule has 12 heterocycles. The lowest BCUT2D eigenvalue weighted by Gasteiger charge is -2.14. The van der Waals surface area contributed by atoms with E-state index in [2.05, 4.69) is 79.2 Å². The number of ether oxygens (including phenoxy) is 6. The average Bonchev–Trinajstić information content (AvgIpc) is 0.709. The molecule has 0 N–H and O–H groups in total. The van der Waals surface area contributed by atoms with E-state index < -0.39 is 79.1 Å². The lowest BCUT2D eigenvalue weighted by molar-refractivity contribution is 0.394. The summed E-state index contributed by atoms with van der Waals surface area (Å²) in [6.07, 6.45) is 0. The molecule has 44 heteroatoms. The first-order valence-electron chi connectivity index (χ1n) is 41.6. The Morgan fingerprint density at radius 2 is 0.361 bits per heavy atom. The highest BCUT2D eigenvalue weighted by Crippen LogP contribution is 2.46. The summed E-state index contributed by atoms with van der Waals surface area (Å²) < 4.78 is 95.4. The summed E-state index contributed by atoms with van der Waals surface area (Å²) in [6, 6.07) is 70.9. The lowest BCUT2D eigenvalue weighted by Crippen LogP contribution is -2.06. The molecule has 0 unspecified atom stereocenters. The summed E-state index contributed by atoms with van der Waals surface area (Å²) in [4.78, 5) is 122. The van der Waals surface area contributed by atoms with Crippen molar-refractivity contribution in [1.29, 1.82) is 31.6 Å². The normalized spacial score (nSPS) is 11.0. The maximum Gasteiger partial charge on any atom is 0.286 e. The van der Waals surface area contributed by atoms with E-state index >= 15 is 8.78 Å². The number of nitriles is 6. The van der Waals surface area contributed by atoms with Crippen LogP contribution in [0.5, 0.6) is 69.8 Å². The number of fused-ring (bicyclic) bond motifs is 24. The average molecular weight is 1880 g/mol. The van der Waals surface area contributed by atoms with Crippen molar-refractivity contribution < 1.29 is 46.0 Å². The summed E-state index contributed by atoms with van der Waals surface area (Å²) in [5.41, 5.74) is -1.77. The molecular weight excluding hydrogens is 1850 g/mol. The van der Waals surface area contributed by atoms with Gasteiger partial charge in [-0.1, -0.05) is 133 Å². The van der Waals surface area contributed by atoms with Crippen molar-refractivity contribution in [3.8, 4) is 106 Å². The fourth-order valence-corrected chi connectivity index (χ4v) is 15.2. The van der Waals surface area contributed by atoms with Crippen LogP contribution in [0.25, 0.3) is 186 Å². The Morgan fingerprint density at radius 1 is 0.194 bits per heavy atom. The highest BCUT2D eigenvalue weighted by molar-refractivity contribution is 6.26. The fraction of sp³-hybridized carbons (Fsp3) is 0. The largest absolute Gasteiger partial charge is 0.436 e. The molecule has 0 amide bonds. The van der Waals surface area contributed by atoms with Crippen LogP contribution in [0, 0.1) is 118 Å². The summed E-state index contributed by atoms with van der Waals surface area (Å²) in [5, 5.41) is 56.8. The van der Waals surface area contributed by atoms with Gasteiger partial charge in [0.1, 0.15) is 137 Å². The van der Waals surface area contributed by atoms with Gasteiger partial charge in [-0.15, -0.1) is 0 Å². The van der Waals surface area contributed by atoms with Gasteiger partial charge in [-0.05, 0) is 94.3 Å². The van der Waals surface area contributed by atoms with Crippen molar-refractivity contribution in [2.24, 2.45) is 0 Å². The molecule has 24 aromatic rings. The Bertz CT molecular complexity index is 9900. The molecule has 0 aliphatic rings. The van der Waals surface area contributed by atoms with Crippen LogP contribution in [0.4, 0.5) is 40.3 Å². The summed E-state index contributed by atoms with van der Waals surface area (Å²) in [5.74, 6) is -4.96. The van der Waals surface area contributed by atoms with Crippen molar-refractivity contribution in [3.05, 3.63) is 309 Å². The molecular formula is C100H34F4N34O6. The van der Waals surface area contributed by atoms with Crippen molar-refractivity contribution in [2.75, 3.05) is 0 Å². The van der Waals surface area contributed by atoms with Gasteiger partial charge in [-0.25, -0.2) is 107 Å². The molecule has 12 aromatic carbocycles. The molecule has 0 radical (unpaired) electrons. The highest BCUT2D eigenvalue weighted by Gasteiger charge is 2.32. The maximum absolute atomic E-state index is 15.2. The van der Waals surface area contributed by atoms with Gasteiger partial charge >= 0.3 is 0 Å². The number of hydrogen-bond donors (Lipinski definition) is 0. The van der Waals surface area contributed by atoms with Gasteiger partial charge < -0.3 is 28.4 Å². The van der Waals surface area contributed by atoms with E-state index in [1.165, 1.54) is 12.1 Å². The fourth-order valence-electron chi connectivity index (χ4n) is 15.2. The number of halogens is 4. The molecule has 12 aromatic heterocycles. The number of hydrogen-bond acceptors (Lipinski definition) is 36. The monoisotopic (exact) mass is 1880 g/mol. The molecule has 0 aliphatic carbocycles. The molecule has 0 bridgehead atoms. The topological polar surface area (TPSA) is 525 Å². The third-order valence-corrected chi connectivity index (χ3v) is 21.5. The first-order valence-corrected chi connectivity index (χ1v) is 41.6. The molecule has 0 aliphatic heterocycles. The lowest BCUT2D eigenvalue weighted by atomic mass is 10.0. The third-order valence-electron chi connectivity index (χ3n) is 21.5. The van der Waals surface area contributed by atoms with E-state index in [-0.39, 0.29) is 170 Å². The summed E-state index contributed by atoms with van der Waals surface area (Å²) in [7, 11) is 0. The van der Waals surface area contributed by atoms with Crippen LogP contribution in [0.1, 0.15) is 34.2 Å². The number of rotatable bonds is 12.